The summed E-state index contributed by atoms with van der Waals surface area (Å²) in [4.78, 5) is 0.0784. The highest BCUT2D eigenvalue weighted by atomic mass is 32.2. The van der Waals surface area contributed by atoms with Crippen molar-refractivity contribution >= 4 is 10.0 Å². The van der Waals surface area contributed by atoms with Crippen LogP contribution in [0, 0.1) is 0 Å². The molecule has 0 radical (unpaired) electrons. The van der Waals surface area contributed by atoms with Crippen molar-refractivity contribution < 1.29 is 23.4 Å². The molecule has 0 spiro atoms. The number of benzene rings is 1. The van der Waals surface area contributed by atoms with Gasteiger partial charge in [0.15, 0.2) is 0 Å². The standard InChI is InChI=1S/C12H19NO5S/c1-10(15)9-13-19(16,17)12-5-2-4-11(8-12)18-7-3-6-14/h2,4-5,8,10,13-15H,3,6-7,9H2,1H3. The minimum Gasteiger partial charge on any atom is -0.493 e. The van der Waals surface area contributed by atoms with Crippen molar-refractivity contribution in [3.8, 4) is 5.75 Å². The van der Waals surface area contributed by atoms with E-state index in [9.17, 15) is 8.42 Å². The normalized spacial score (nSPS) is 13.2. The smallest absolute Gasteiger partial charge is 0.240 e. The van der Waals surface area contributed by atoms with Crippen LogP contribution in [0.15, 0.2) is 29.2 Å². The Bertz CT molecular complexity index is 487. The first-order valence-corrected chi connectivity index (χ1v) is 7.45. The molecule has 0 amide bonds. The highest BCUT2D eigenvalue weighted by Crippen LogP contribution is 2.17. The van der Waals surface area contributed by atoms with Crippen LogP contribution in [0.1, 0.15) is 13.3 Å². The zero-order chi connectivity index (χ0) is 14.3. The molecular formula is C12H19NO5S. The summed E-state index contributed by atoms with van der Waals surface area (Å²) in [7, 11) is -3.65. The van der Waals surface area contributed by atoms with E-state index in [0.717, 1.165) is 0 Å². The average molecular weight is 289 g/mol. The first kappa shape index (κ1) is 15.9. The maximum absolute atomic E-state index is 11.9. The number of sulfonamides is 1. The SMILES string of the molecule is CC(O)CNS(=O)(=O)c1cccc(OCCCO)c1. The van der Waals surface area contributed by atoms with Crippen LogP contribution in [0.2, 0.25) is 0 Å². The van der Waals surface area contributed by atoms with E-state index in [1.54, 1.807) is 12.1 Å². The first-order chi connectivity index (χ1) is 8.95. The fourth-order valence-electron chi connectivity index (χ4n) is 1.30. The minimum atomic E-state index is -3.65. The monoisotopic (exact) mass is 289 g/mol. The second-order valence-electron chi connectivity index (χ2n) is 4.10. The lowest BCUT2D eigenvalue weighted by Crippen LogP contribution is -2.30. The molecule has 6 nitrogen and oxygen atoms in total. The fourth-order valence-corrected chi connectivity index (χ4v) is 2.46. The highest BCUT2D eigenvalue weighted by molar-refractivity contribution is 7.89. The third-order valence-electron chi connectivity index (χ3n) is 2.26. The Morgan fingerprint density at radius 1 is 1.42 bits per heavy atom. The van der Waals surface area contributed by atoms with E-state index in [4.69, 9.17) is 14.9 Å². The van der Waals surface area contributed by atoms with E-state index in [-0.39, 0.29) is 18.0 Å². The van der Waals surface area contributed by atoms with E-state index in [0.29, 0.717) is 18.8 Å². The van der Waals surface area contributed by atoms with Gasteiger partial charge < -0.3 is 14.9 Å². The zero-order valence-electron chi connectivity index (χ0n) is 10.7. The van der Waals surface area contributed by atoms with Crippen molar-refractivity contribution in [2.24, 2.45) is 0 Å². The Labute approximate surface area is 113 Å². The van der Waals surface area contributed by atoms with Gasteiger partial charge in [-0.2, -0.15) is 0 Å². The van der Waals surface area contributed by atoms with Gasteiger partial charge in [0.1, 0.15) is 5.75 Å². The van der Waals surface area contributed by atoms with Crippen LogP contribution in [0.3, 0.4) is 0 Å². The Kier molecular flexibility index (Phi) is 6.23. The molecule has 108 valence electrons. The van der Waals surface area contributed by atoms with E-state index >= 15 is 0 Å². The molecule has 0 aliphatic carbocycles. The predicted octanol–water partition coefficient (Wildman–Crippen LogP) is 0.107. The van der Waals surface area contributed by atoms with Crippen LogP contribution in [-0.2, 0) is 10.0 Å². The van der Waals surface area contributed by atoms with Gasteiger partial charge in [0.05, 0.1) is 17.6 Å². The van der Waals surface area contributed by atoms with Crippen LogP contribution in [0.25, 0.3) is 0 Å². The summed E-state index contributed by atoms with van der Waals surface area (Å²) in [6.45, 7) is 1.80. The Hall–Kier alpha value is -1.15. The molecule has 0 aliphatic heterocycles. The molecular weight excluding hydrogens is 270 g/mol. The summed E-state index contributed by atoms with van der Waals surface area (Å²) in [5.74, 6) is 0.424. The van der Waals surface area contributed by atoms with Gasteiger partial charge in [-0.1, -0.05) is 6.07 Å². The average Bonchev–Trinajstić information content (AvgIpc) is 2.37. The topological polar surface area (TPSA) is 95.9 Å². The molecule has 0 aromatic heterocycles. The lowest BCUT2D eigenvalue weighted by molar-refractivity contribution is 0.198. The van der Waals surface area contributed by atoms with E-state index in [2.05, 4.69) is 4.72 Å². The summed E-state index contributed by atoms with van der Waals surface area (Å²) in [6.07, 6.45) is -0.268. The number of nitrogens with one attached hydrogen (secondary N) is 1. The Morgan fingerprint density at radius 3 is 2.79 bits per heavy atom. The second-order valence-corrected chi connectivity index (χ2v) is 5.87. The molecule has 0 fully saturated rings. The van der Waals surface area contributed by atoms with Crippen molar-refractivity contribution in [1.29, 1.82) is 0 Å². The van der Waals surface area contributed by atoms with Gasteiger partial charge in [-0.15, -0.1) is 0 Å². The van der Waals surface area contributed by atoms with Gasteiger partial charge in [-0.25, -0.2) is 13.1 Å². The third-order valence-corrected chi connectivity index (χ3v) is 3.68. The summed E-state index contributed by atoms with van der Waals surface area (Å²) >= 11 is 0. The highest BCUT2D eigenvalue weighted by Gasteiger charge is 2.15. The molecule has 0 saturated heterocycles. The number of aliphatic hydroxyl groups excluding tert-OH is 2. The molecule has 1 rings (SSSR count). The molecule has 1 atom stereocenters. The number of rotatable bonds is 8. The Balaban J connectivity index is 2.74. The lowest BCUT2D eigenvalue weighted by Gasteiger charge is -2.10. The molecule has 1 unspecified atom stereocenters. The van der Waals surface area contributed by atoms with Crippen LogP contribution in [0.5, 0.6) is 5.75 Å². The lowest BCUT2D eigenvalue weighted by atomic mass is 10.3. The van der Waals surface area contributed by atoms with Crippen LogP contribution in [0.4, 0.5) is 0 Å². The molecule has 1 aromatic rings. The third kappa shape index (κ3) is 5.56. The number of aliphatic hydroxyl groups is 2. The van der Waals surface area contributed by atoms with E-state index in [1.165, 1.54) is 19.1 Å². The molecule has 1 aromatic carbocycles. The van der Waals surface area contributed by atoms with Crippen LogP contribution < -0.4 is 9.46 Å². The summed E-state index contributed by atoms with van der Waals surface area (Å²) in [6, 6.07) is 6.07. The zero-order valence-corrected chi connectivity index (χ0v) is 11.6. The summed E-state index contributed by atoms with van der Waals surface area (Å²) < 4.78 is 31.4. The molecule has 0 heterocycles. The van der Waals surface area contributed by atoms with Crippen molar-refractivity contribution in [2.75, 3.05) is 19.8 Å². The maximum atomic E-state index is 11.9. The molecule has 7 heteroatoms. The van der Waals surface area contributed by atoms with Crippen molar-refractivity contribution in [3.63, 3.8) is 0 Å². The number of hydrogen-bond acceptors (Lipinski definition) is 5. The van der Waals surface area contributed by atoms with E-state index < -0.39 is 16.1 Å². The number of hydrogen-bond donors (Lipinski definition) is 3. The Morgan fingerprint density at radius 2 is 2.16 bits per heavy atom. The largest absolute Gasteiger partial charge is 0.493 e. The van der Waals surface area contributed by atoms with Crippen LogP contribution in [-0.4, -0.2) is 44.5 Å². The minimum absolute atomic E-state index is 0.0218. The number of ether oxygens (including phenoxy) is 1. The fraction of sp³-hybridized carbons (Fsp3) is 0.500. The second kappa shape index (κ2) is 7.44. The van der Waals surface area contributed by atoms with Gasteiger partial charge in [-0.05, 0) is 19.1 Å². The predicted molar refractivity (Wildman–Crippen MR) is 70.5 cm³/mol. The van der Waals surface area contributed by atoms with Gasteiger partial charge in [-0.3, -0.25) is 0 Å². The molecule has 19 heavy (non-hydrogen) atoms. The van der Waals surface area contributed by atoms with Crippen molar-refractivity contribution in [2.45, 2.75) is 24.3 Å². The molecule has 0 bridgehead atoms. The maximum Gasteiger partial charge on any atom is 0.240 e. The quantitative estimate of drug-likeness (QED) is 0.590. The summed E-state index contributed by atoms with van der Waals surface area (Å²) in [5, 5.41) is 17.7. The molecule has 0 saturated carbocycles. The van der Waals surface area contributed by atoms with E-state index in [1.807, 2.05) is 0 Å². The van der Waals surface area contributed by atoms with Gasteiger partial charge in [0.2, 0.25) is 10.0 Å². The van der Waals surface area contributed by atoms with Gasteiger partial charge in [0.25, 0.3) is 0 Å². The van der Waals surface area contributed by atoms with Crippen molar-refractivity contribution in [1.82, 2.24) is 4.72 Å². The van der Waals surface area contributed by atoms with Crippen molar-refractivity contribution in [3.05, 3.63) is 24.3 Å². The van der Waals surface area contributed by atoms with Crippen LogP contribution >= 0.6 is 0 Å². The van der Waals surface area contributed by atoms with Gasteiger partial charge >= 0.3 is 0 Å². The summed E-state index contributed by atoms with van der Waals surface area (Å²) in [5.41, 5.74) is 0. The van der Waals surface area contributed by atoms with Gasteiger partial charge in [0, 0.05) is 25.6 Å². The molecule has 0 aliphatic rings. The molecule has 3 N–H and O–H groups in total. The first-order valence-electron chi connectivity index (χ1n) is 5.97.